The maximum absolute atomic E-state index is 13.0. The SMILES string of the molecule is O=C(CCN1c2ccccc2Sc2ccccc21)NC(Cc1ccccc1)C(=O)NC1CC1. The van der Waals surface area contributed by atoms with Crippen LogP contribution in [0.4, 0.5) is 11.4 Å². The molecule has 6 heteroatoms. The second kappa shape index (κ2) is 9.71. The molecule has 2 N–H and O–H groups in total. The number of nitrogens with one attached hydrogen (secondary N) is 2. The molecule has 0 aromatic heterocycles. The van der Waals surface area contributed by atoms with E-state index in [1.165, 1.54) is 9.79 Å². The summed E-state index contributed by atoms with van der Waals surface area (Å²) in [7, 11) is 0. The predicted molar refractivity (Wildman–Crippen MR) is 132 cm³/mol. The number of amides is 2. The summed E-state index contributed by atoms with van der Waals surface area (Å²) in [6.07, 6.45) is 2.82. The molecule has 0 spiro atoms. The number of rotatable bonds is 8. The molecule has 5 nitrogen and oxygen atoms in total. The summed E-state index contributed by atoms with van der Waals surface area (Å²) in [5.74, 6) is -0.213. The molecule has 1 atom stereocenters. The first-order valence-corrected chi connectivity index (χ1v) is 12.3. The van der Waals surface area contributed by atoms with E-state index in [2.05, 4.69) is 39.8 Å². The third kappa shape index (κ3) is 5.22. The molecular weight excluding hydrogens is 430 g/mol. The number of para-hydroxylation sites is 2. The molecule has 0 radical (unpaired) electrons. The van der Waals surface area contributed by atoms with Crippen molar-refractivity contribution in [3.8, 4) is 0 Å². The normalized spacial score (nSPS) is 15.2. The van der Waals surface area contributed by atoms with Crippen LogP contribution in [0.2, 0.25) is 0 Å². The van der Waals surface area contributed by atoms with Gasteiger partial charge in [-0.3, -0.25) is 9.59 Å². The highest BCUT2D eigenvalue weighted by Gasteiger charge is 2.29. The van der Waals surface area contributed by atoms with E-state index in [-0.39, 0.29) is 17.9 Å². The van der Waals surface area contributed by atoms with Gasteiger partial charge in [0.1, 0.15) is 6.04 Å². The Balaban J connectivity index is 1.28. The zero-order valence-corrected chi connectivity index (χ0v) is 19.2. The van der Waals surface area contributed by atoms with E-state index < -0.39 is 6.04 Å². The number of carbonyl (C=O) groups is 2. The highest BCUT2D eigenvalue weighted by Crippen LogP contribution is 2.47. The fraction of sp³-hybridized carbons (Fsp3) is 0.259. The van der Waals surface area contributed by atoms with Crippen molar-refractivity contribution >= 4 is 35.0 Å². The Bertz CT molecular complexity index is 1100. The van der Waals surface area contributed by atoms with Gasteiger partial charge in [-0.15, -0.1) is 0 Å². The average molecular weight is 458 g/mol. The van der Waals surface area contributed by atoms with Crippen molar-refractivity contribution in [1.82, 2.24) is 10.6 Å². The van der Waals surface area contributed by atoms with E-state index >= 15 is 0 Å². The van der Waals surface area contributed by atoms with Gasteiger partial charge in [-0.2, -0.15) is 0 Å². The number of benzene rings is 3. The fourth-order valence-corrected chi connectivity index (χ4v) is 5.19. The number of fused-ring (bicyclic) bond motifs is 2. The third-order valence-corrected chi connectivity index (χ3v) is 7.08. The van der Waals surface area contributed by atoms with E-state index in [1.807, 2.05) is 54.6 Å². The Hall–Kier alpha value is -3.25. The summed E-state index contributed by atoms with van der Waals surface area (Å²) in [5.41, 5.74) is 3.26. The lowest BCUT2D eigenvalue weighted by atomic mass is 10.0. The van der Waals surface area contributed by atoms with Crippen LogP contribution in [-0.2, 0) is 16.0 Å². The standard InChI is InChI=1S/C27H27N3O2S/c31-26(29-21(27(32)28-20-14-15-20)18-19-8-2-1-3-9-19)16-17-30-22-10-4-6-12-24(22)33-25-13-7-5-11-23(25)30/h1-13,20-21H,14-18H2,(H,28,32)(H,29,31). The van der Waals surface area contributed by atoms with Crippen molar-refractivity contribution in [3.63, 3.8) is 0 Å². The Morgan fingerprint density at radius 3 is 2.12 bits per heavy atom. The minimum atomic E-state index is -0.572. The fourth-order valence-electron chi connectivity index (χ4n) is 4.09. The van der Waals surface area contributed by atoms with Crippen LogP contribution in [-0.4, -0.2) is 30.4 Å². The molecule has 0 saturated heterocycles. The van der Waals surface area contributed by atoms with Gasteiger partial charge in [0.05, 0.1) is 11.4 Å². The molecule has 1 saturated carbocycles. The van der Waals surface area contributed by atoms with Gasteiger partial charge in [0, 0.05) is 35.2 Å². The van der Waals surface area contributed by atoms with Crippen LogP contribution < -0.4 is 15.5 Å². The van der Waals surface area contributed by atoms with Crippen molar-refractivity contribution in [2.24, 2.45) is 0 Å². The van der Waals surface area contributed by atoms with E-state index in [0.29, 0.717) is 19.4 Å². The van der Waals surface area contributed by atoms with Gasteiger partial charge in [0.15, 0.2) is 0 Å². The zero-order valence-electron chi connectivity index (χ0n) is 18.4. The lowest BCUT2D eigenvalue weighted by molar-refractivity contribution is -0.129. The summed E-state index contributed by atoms with van der Waals surface area (Å²) in [4.78, 5) is 30.4. The smallest absolute Gasteiger partial charge is 0.243 e. The molecule has 5 rings (SSSR count). The van der Waals surface area contributed by atoms with Crippen LogP contribution in [0.15, 0.2) is 88.7 Å². The summed E-state index contributed by atoms with van der Waals surface area (Å²) in [5, 5.41) is 6.05. The van der Waals surface area contributed by atoms with Gasteiger partial charge in [0.25, 0.3) is 0 Å². The molecule has 2 aliphatic rings. The van der Waals surface area contributed by atoms with Crippen LogP contribution in [0.3, 0.4) is 0 Å². The van der Waals surface area contributed by atoms with Crippen LogP contribution in [0.1, 0.15) is 24.8 Å². The topological polar surface area (TPSA) is 61.4 Å². The summed E-state index contributed by atoms with van der Waals surface area (Å²) < 4.78 is 0. The molecular formula is C27H27N3O2S. The molecule has 168 valence electrons. The molecule has 2 amide bonds. The van der Waals surface area contributed by atoms with Gasteiger partial charge in [-0.05, 0) is 42.7 Å². The van der Waals surface area contributed by atoms with Crippen molar-refractivity contribution in [2.75, 3.05) is 11.4 Å². The van der Waals surface area contributed by atoms with Gasteiger partial charge < -0.3 is 15.5 Å². The van der Waals surface area contributed by atoms with Crippen LogP contribution in [0.25, 0.3) is 0 Å². The van der Waals surface area contributed by atoms with Crippen molar-refractivity contribution in [3.05, 3.63) is 84.4 Å². The number of hydrogen-bond acceptors (Lipinski definition) is 4. The molecule has 33 heavy (non-hydrogen) atoms. The van der Waals surface area contributed by atoms with Crippen molar-refractivity contribution in [1.29, 1.82) is 0 Å². The first-order valence-electron chi connectivity index (χ1n) is 11.4. The Kier molecular flexibility index (Phi) is 6.35. The largest absolute Gasteiger partial charge is 0.352 e. The van der Waals surface area contributed by atoms with Crippen LogP contribution in [0.5, 0.6) is 0 Å². The zero-order chi connectivity index (χ0) is 22.6. The van der Waals surface area contributed by atoms with Gasteiger partial charge in [-0.25, -0.2) is 0 Å². The van der Waals surface area contributed by atoms with Crippen LogP contribution in [0, 0.1) is 0 Å². The molecule has 1 unspecified atom stereocenters. The maximum atomic E-state index is 13.0. The van der Waals surface area contributed by atoms with E-state index in [9.17, 15) is 9.59 Å². The minimum absolute atomic E-state index is 0.0974. The second-order valence-corrected chi connectivity index (χ2v) is 9.62. The molecule has 1 fully saturated rings. The maximum Gasteiger partial charge on any atom is 0.243 e. The quantitative estimate of drug-likeness (QED) is 0.515. The van der Waals surface area contributed by atoms with Gasteiger partial charge in [-0.1, -0.05) is 66.4 Å². The van der Waals surface area contributed by atoms with Crippen molar-refractivity contribution < 1.29 is 9.59 Å². The summed E-state index contributed by atoms with van der Waals surface area (Å²) >= 11 is 1.75. The number of anilines is 2. The predicted octanol–water partition coefficient (Wildman–Crippen LogP) is 4.69. The van der Waals surface area contributed by atoms with Gasteiger partial charge in [0.2, 0.25) is 11.8 Å². The number of nitrogens with zero attached hydrogens (tertiary/aromatic N) is 1. The molecule has 3 aromatic rings. The van der Waals surface area contributed by atoms with Crippen LogP contribution >= 0.6 is 11.8 Å². The van der Waals surface area contributed by atoms with E-state index in [1.54, 1.807) is 11.8 Å². The highest BCUT2D eigenvalue weighted by molar-refractivity contribution is 7.99. The molecule has 0 bridgehead atoms. The monoisotopic (exact) mass is 457 g/mol. The van der Waals surface area contributed by atoms with E-state index in [0.717, 1.165) is 29.8 Å². The summed E-state index contributed by atoms with van der Waals surface area (Å²) in [6.45, 7) is 0.544. The lowest BCUT2D eigenvalue weighted by Gasteiger charge is -2.32. The molecule has 1 aliphatic carbocycles. The Morgan fingerprint density at radius 2 is 1.48 bits per heavy atom. The highest BCUT2D eigenvalue weighted by atomic mass is 32.2. The molecule has 3 aromatic carbocycles. The molecule has 1 heterocycles. The number of carbonyl (C=O) groups excluding carboxylic acids is 2. The Morgan fingerprint density at radius 1 is 0.879 bits per heavy atom. The first-order chi connectivity index (χ1) is 16.2. The molecule has 1 aliphatic heterocycles. The number of hydrogen-bond donors (Lipinski definition) is 2. The third-order valence-electron chi connectivity index (χ3n) is 5.95. The Labute approximate surface area is 198 Å². The van der Waals surface area contributed by atoms with E-state index in [4.69, 9.17) is 0 Å². The average Bonchev–Trinajstić information content (AvgIpc) is 3.66. The summed E-state index contributed by atoms with van der Waals surface area (Å²) in [6, 6.07) is 26.1. The van der Waals surface area contributed by atoms with Crippen molar-refractivity contribution in [2.45, 2.75) is 47.6 Å². The first kappa shape index (κ1) is 21.6. The minimum Gasteiger partial charge on any atom is -0.352 e. The lowest BCUT2D eigenvalue weighted by Crippen LogP contribution is -2.49. The van der Waals surface area contributed by atoms with Gasteiger partial charge >= 0.3 is 0 Å². The second-order valence-electron chi connectivity index (χ2n) is 8.53.